The third-order valence-corrected chi connectivity index (χ3v) is 19.5. The van der Waals surface area contributed by atoms with Crippen molar-refractivity contribution in [3.8, 4) is 0 Å². The molecule has 0 bridgehead atoms. The lowest BCUT2D eigenvalue weighted by Crippen LogP contribution is -2.30. The Morgan fingerprint density at radius 2 is 0.516 bits per heavy atom. The van der Waals surface area contributed by atoms with E-state index >= 15 is 0 Å². The summed E-state index contributed by atoms with van der Waals surface area (Å²) in [6.45, 7) is 7.27. The number of phosphoric acid groups is 2. The van der Waals surface area contributed by atoms with Crippen LogP contribution >= 0.6 is 15.6 Å². The molecule has 0 aromatic carbocycles. The lowest BCUT2D eigenvalue weighted by molar-refractivity contribution is -0.161. The van der Waals surface area contributed by atoms with Crippen molar-refractivity contribution in [1.82, 2.24) is 0 Å². The first-order chi connectivity index (χ1) is 45.1. The largest absolute Gasteiger partial charge is 0.472 e. The van der Waals surface area contributed by atoms with Gasteiger partial charge in [-0.3, -0.25) is 37.3 Å². The van der Waals surface area contributed by atoms with Crippen LogP contribution in [-0.4, -0.2) is 96.7 Å². The Balaban J connectivity index is 5.23. The minimum absolute atomic E-state index is 0.105. The van der Waals surface area contributed by atoms with Crippen LogP contribution in [0, 0.1) is 5.92 Å². The van der Waals surface area contributed by atoms with Crippen molar-refractivity contribution in [1.29, 1.82) is 0 Å². The summed E-state index contributed by atoms with van der Waals surface area (Å²) in [5.74, 6) is -1.35. The molecule has 0 aliphatic carbocycles. The Bertz CT molecular complexity index is 1790. The van der Waals surface area contributed by atoms with Crippen molar-refractivity contribution >= 4 is 39.5 Å². The van der Waals surface area contributed by atoms with Gasteiger partial charge in [-0.05, 0) is 31.6 Å². The molecule has 0 fully saturated rings. The second kappa shape index (κ2) is 67.3. The SMILES string of the molecule is CCCCCCCCCCCCCCCCCCC(=O)OC[C@H](COP(=O)(O)OC[C@@H](O)COP(=O)(O)OC[C@@H](COC(=O)CCCCCCCCCCC)OC(=O)CCCCCCCCCCC(C)CC)OC(=O)CCCCCCCCCCCCCCCCCC. The Hall–Kier alpha value is -1.94. The number of aliphatic hydroxyl groups excluding tert-OH is 1. The lowest BCUT2D eigenvalue weighted by atomic mass is 9.99. The average molecular weight is 1370 g/mol. The molecule has 0 saturated carbocycles. The van der Waals surface area contributed by atoms with Crippen LogP contribution < -0.4 is 0 Å². The molecule has 0 heterocycles. The van der Waals surface area contributed by atoms with Crippen LogP contribution in [0.2, 0.25) is 0 Å². The fraction of sp³-hybridized carbons (Fsp3) is 0.946. The maximum Gasteiger partial charge on any atom is 0.472 e. The second-order valence-electron chi connectivity index (χ2n) is 26.9. The van der Waals surface area contributed by atoms with Gasteiger partial charge in [-0.15, -0.1) is 0 Å². The molecule has 0 aromatic rings. The fourth-order valence-electron chi connectivity index (χ4n) is 11.3. The van der Waals surface area contributed by atoms with Gasteiger partial charge < -0.3 is 33.8 Å². The minimum atomic E-state index is -4.95. The van der Waals surface area contributed by atoms with E-state index in [0.717, 1.165) is 95.8 Å². The predicted molar refractivity (Wildman–Crippen MR) is 377 cm³/mol. The standard InChI is InChI=1S/C74H144O17P2/c1-6-10-13-16-19-22-24-26-28-30-32-34-37-43-48-53-58-72(77)85-64-69(90-73(78)59-54-49-44-38-35-33-31-29-27-25-23-20-17-14-11-7-2)65-88-92(80,81)86-61-68(75)62-87-93(82,83)89-66-70(63-84-71(76)57-52-47-42-36-21-18-15-12-8-3)91-74(79)60-55-50-45-40-39-41-46-51-56-67(5)9-4/h67-70,75H,6-66H2,1-5H3,(H,80,81)(H,82,83)/t67?,68-,69-,70-/m1/s1. The van der Waals surface area contributed by atoms with E-state index in [-0.39, 0.29) is 25.7 Å². The van der Waals surface area contributed by atoms with Crippen molar-refractivity contribution in [2.75, 3.05) is 39.6 Å². The van der Waals surface area contributed by atoms with E-state index in [4.69, 9.17) is 37.0 Å². The maximum absolute atomic E-state index is 13.1. The monoisotopic (exact) mass is 1370 g/mol. The third kappa shape index (κ3) is 67.0. The van der Waals surface area contributed by atoms with E-state index in [1.54, 1.807) is 0 Å². The van der Waals surface area contributed by atoms with Gasteiger partial charge >= 0.3 is 39.5 Å². The highest BCUT2D eigenvalue weighted by atomic mass is 31.2. The van der Waals surface area contributed by atoms with Crippen molar-refractivity contribution in [3.63, 3.8) is 0 Å². The Labute approximate surface area is 568 Å². The molecule has 0 amide bonds. The molecule has 0 rings (SSSR count). The molecule has 0 aromatic heterocycles. The zero-order valence-electron chi connectivity index (χ0n) is 60.4. The number of unbranched alkanes of at least 4 members (excludes halogenated alkanes) is 45. The number of hydrogen-bond donors (Lipinski definition) is 3. The number of rotatable bonds is 74. The number of phosphoric ester groups is 2. The molecule has 552 valence electrons. The highest BCUT2D eigenvalue weighted by Crippen LogP contribution is 2.45. The van der Waals surface area contributed by atoms with Crippen LogP contribution in [0.3, 0.4) is 0 Å². The zero-order valence-corrected chi connectivity index (χ0v) is 62.2. The summed E-state index contributed by atoms with van der Waals surface area (Å²) in [4.78, 5) is 72.7. The van der Waals surface area contributed by atoms with E-state index in [1.807, 2.05) is 0 Å². The topological polar surface area (TPSA) is 237 Å². The quantitative estimate of drug-likeness (QED) is 0.0222. The second-order valence-corrected chi connectivity index (χ2v) is 29.8. The number of carbonyl (C=O) groups is 4. The first-order valence-corrected chi connectivity index (χ1v) is 41.7. The Kier molecular flexibility index (Phi) is 65.9. The van der Waals surface area contributed by atoms with Crippen molar-refractivity contribution in [2.45, 2.75) is 406 Å². The smallest absolute Gasteiger partial charge is 0.462 e. The van der Waals surface area contributed by atoms with Crippen LogP contribution in [0.4, 0.5) is 0 Å². The number of ether oxygens (including phenoxy) is 4. The summed E-state index contributed by atoms with van der Waals surface area (Å²) in [6, 6.07) is 0. The molecule has 0 aliphatic heterocycles. The summed E-state index contributed by atoms with van der Waals surface area (Å²) >= 11 is 0. The lowest BCUT2D eigenvalue weighted by Gasteiger charge is -2.21. The first-order valence-electron chi connectivity index (χ1n) is 38.7. The van der Waals surface area contributed by atoms with E-state index < -0.39 is 97.5 Å². The molecular formula is C74H144O17P2. The van der Waals surface area contributed by atoms with Gasteiger partial charge in [0.2, 0.25) is 0 Å². The molecular weight excluding hydrogens is 1220 g/mol. The van der Waals surface area contributed by atoms with Gasteiger partial charge in [-0.1, -0.05) is 336 Å². The minimum Gasteiger partial charge on any atom is -0.462 e. The molecule has 3 N–H and O–H groups in total. The third-order valence-electron chi connectivity index (χ3n) is 17.6. The van der Waals surface area contributed by atoms with E-state index in [0.29, 0.717) is 25.7 Å². The highest BCUT2D eigenvalue weighted by molar-refractivity contribution is 7.47. The number of esters is 4. The first kappa shape index (κ1) is 91.1. The van der Waals surface area contributed by atoms with Crippen LogP contribution in [-0.2, 0) is 65.4 Å². The molecule has 0 radical (unpaired) electrons. The summed E-state index contributed by atoms with van der Waals surface area (Å²) in [5, 5.41) is 10.6. The summed E-state index contributed by atoms with van der Waals surface area (Å²) in [6.07, 6.45) is 55.4. The molecule has 93 heavy (non-hydrogen) atoms. The zero-order chi connectivity index (χ0) is 68.4. The highest BCUT2D eigenvalue weighted by Gasteiger charge is 2.30. The van der Waals surface area contributed by atoms with Gasteiger partial charge in [0, 0.05) is 25.7 Å². The van der Waals surface area contributed by atoms with Gasteiger partial charge in [0.1, 0.15) is 19.3 Å². The Morgan fingerprint density at radius 1 is 0.301 bits per heavy atom. The van der Waals surface area contributed by atoms with Crippen LogP contribution in [0.25, 0.3) is 0 Å². The summed E-state index contributed by atoms with van der Waals surface area (Å²) in [7, 11) is -9.90. The average Bonchev–Trinajstić information content (AvgIpc) is 2.62. The number of aliphatic hydroxyl groups is 1. The molecule has 17 nitrogen and oxygen atoms in total. The van der Waals surface area contributed by atoms with Gasteiger partial charge in [0.25, 0.3) is 0 Å². The molecule has 6 atom stereocenters. The van der Waals surface area contributed by atoms with E-state index in [2.05, 4.69) is 34.6 Å². The number of hydrogen-bond acceptors (Lipinski definition) is 15. The molecule has 0 spiro atoms. The van der Waals surface area contributed by atoms with E-state index in [1.165, 1.54) is 212 Å². The fourth-order valence-corrected chi connectivity index (χ4v) is 12.9. The molecule has 0 aliphatic rings. The van der Waals surface area contributed by atoms with Crippen LogP contribution in [0.5, 0.6) is 0 Å². The summed E-state index contributed by atoms with van der Waals surface area (Å²) in [5.41, 5.74) is 0. The van der Waals surface area contributed by atoms with Gasteiger partial charge in [-0.2, -0.15) is 0 Å². The van der Waals surface area contributed by atoms with Crippen molar-refractivity contribution in [2.24, 2.45) is 5.92 Å². The van der Waals surface area contributed by atoms with Gasteiger partial charge in [-0.25, -0.2) is 9.13 Å². The summed E-state index contributed by atoms with van der Waals surface area (Å²) < 4.78 is 68.4. The number of carbonyl (C=O) groups excluding carboxylic acids is 4. The predicted octanol–water partition coefficient (Wildman–Crippen LogP) is 21.7. The van der Waals surface area contributed by atoms with Crippen molar-refractivity contribution < 1.29 is 80.2 Å². The van der Waals surface area contributed by atoms with Crippen LogP contribution in [0.15, 0.2) is 0 Å². The van der Waals surface area contributed by atoms with Crippen molar-refractivity contribution in [3.05, 3.63) is 0 Å². The van der Waals surface area contributed by atoms with E-state index in [9.17, 15) is 43.2 Å². The maximum atomic E-state index is 13.1. The normalized spacial score (nSPS) is 14.3. The van der Waals surface area contributed by atoms with Crippen LogP contribution in [0.1, 0.15) is 388 Å². The van der Waals surface area contributed by atoms with Gasteiger partial charge in [0.15, 0.2) is 12.2 Å². The Morgan fingerprint density at radius 3 is 0.763 bits per heavy atom. The molecule has 3 unspecified atom stereocenters. The molecule has 0 saturated heterocycles. The van der Waals surface area contributed by atoms with Gasteiger partial charge in [0.05, 0.1) is 26.4 Å². The molecule has 19 heteroatoms.